The van der Waals surface area contributed by atoms with Gasteiger partial charge in [0, 0.05) is 27.2 Å². The summed E-state index contributed by atoms with van der Waals surface area (Å²) in [4.78, 5) is 31.3. The number of aryl methyl sites for hydroxylation is 1. The molecule has 0 saturated carbocycles. The van der Waals surface area contributed by atoms with Crippen molar-refractivity contribution in [3.63, 3.8) is 0 Å². The van der Waals surface area contributed by atoms with Crippen LogP contribution in [0.25, 0.3) is 11.3 Å². The number of benzene rings is 4. The molecule has 0 saturated heterocycles. The van der Waals surface area contributed by atoms with Gasteiger partial charge in [-0.1, -0.05) is 78.4 Å². The molecular weight excluding hydrogens is 525 g/mol. The largest absolute Gasteiger partial charge is 0.323 e. The van der Waals surface area contributed by atoms with Crippen LogP contribution in [-0.2, 0) is 4.79 Å². The summed E-state index contributed by atoms with van der Waals surface area (Å²) in [7, 11) is 0. The molecule has 1 heterocycles. The second-order valence-corrected chi connectivity index (χ2v) is 10.8. The van der Waals surface area contributed by atoms with Gasteiger partial charge >= 0.3 is 6.03 Å². The van der Waals surface area contributed by atoms with E-state index < -0.39 is 5.25 Å². The van der Waals surface area contributed by atoms with Crippen molar-refractivity contribution in [2.45, 2.75) is 17.1 Å². The average molecular weight is 551 g/mol. The molecule has 0 aliphatic rings. The van der Waals surface area contributed by atoms with E-state index in [0.717, 1.165) is 21.7 Å². The molecule has 0 bridgehead atoms. The number of para-hydroxylation sites is 1. The zero-order valence-electron chi connectivity index (χ0n) is 21.1. The Bertz CT molecular complexity index is 1540. The summed E-state index contributed by atoms with van der Waals surface area (Å²) in [5.41, 5.74) is 5.28. The monoisotopic (exact) mass is 550 g/mol. The van der Waals surface area contributed by atoms with E-state index in [1.165, 1.54) is 28.7 Å². The molecule has 194 valence electrons. The molecule has 0 radical (unpaired) electrons. The number of nitrogens with zero attached hydrogens (tertiary/aromatic N) is 1. The van der Waals surface area contributed by atoms with E-state index in [0.29, 0.717) is 16.5 Å². The van der Waals surface area contributed by atoms with E-state index in [2.05, 4.69) is 20.9 Å². The first-order valence-electron chi connectivity index (χ1n) is 12.3. The number of carbonyl (C=O) groups is 2. The zero-order chi connectivity index (χ0) is 27.0. The number of urea groups is 1. The minimum absolute atomic E-state index is 0.152. The van der Waals surface area contributed by atoms with Gasteiger partial charge in [-0.05, 0) is 48.9 Å². The van der Waals surface area contributed by atoms with E-state index in [1.54, 1.807) is 0 Å². The molecule has 3 amide bonds. The third kappa shape index (κ3) is 7.13. The van der Waals surface area contributed by atoms with E-state index in [9.17, 15) is 9.59 Å². The third-order valence-corrected chi connectivity index (χ3v) is 7.84. The maximum Gasteiger partial charge on any atom is 0.323 e. The molecule has 8 heteroatoms. The predicted octanol–water partition coefficient (Wildman–Crippen LogP) is 8.23. The fourth-order valence-electron chi connectivity index (χ4n) is 3.83. The van der Waals surface area contributed by atoms with Crippen LogP contribution < -0.4 is 16.0 Å². The lowest BCUT2D eigenvalue weighted by Crippen LogP contribution is -2.19. The number of thioether (sulfide) groups is 1. The number of rotatable bonds is 8. The van der Waals surface area contributed by atoms with Crippen molar-refractivity contribution in [2.24, 2.45) is 0 Å². The van der Waals surface area contributed by atoms with E-state index >= 15 is 0 Å². The Balaban J connectivity index is 1.26. The maximum atomic E-state index is 13.5. The fraction of sp³-hybridized carbons (Fsp3) is 0.0645. The van der Waals surface area contributed by atoms with Crippen molar-refractivity contribution in [3.8, 4) is 11.3 Å². The van der Waals surface area contributed by atoms with Crippen molar-refractivity contribution in [1.82, 2.24) is 4.98 Å². The van der Waals surface area contributed by atoms with Crippen LogP contribution in [0.1, 0.15) is 16.4 Å². The van der Waals surface area contributed by atoms with Crippen LogP contribution >= 0.6 is 23.1 Å². The van der Waals surface area contributed by atoms with Gasteiger partial charge in [-0.25, -0.2) is 9.78 Å². The average Bonchev–Trinajstić information content (AvgIpc) is 3.42. The molecule has 0 aliphatic heterocycles. The molecule has 1 aromatic heterocycles. The van der Waals surface area contributed by atoms with E-state index in [1.807, 2.05) is 121 Å². The lowest BCUT2D eigenvalue weighted by molar-refractivity contribution is -0.115. The number of carbonyl (C=O) groups excluding carboxylic acids is 2. The first-order valence-corrected chi connectivity index (χ1v) is 14.1. The molecule has 1 atom stereocenters. The van der Waals surface area contributed by atoms with Gasteiger partial charge in [0.25, 0.3) is 0 Å². The van der Waals surface area contributed by atoms with Crippen molar-refractivity contribution in [3.05, 3.63) is 126 Å². The minimum Gasteiger partial charge on any atom is -0.308 e. The van der Waals surface area contributed by atoms with Crippen LogP contribution in [0.5, 0.6) is 0 Å². The van der Waals surface area contributed by atoms with Gasteiger partial charge < -0.3 is 16.0 Å². The van der Waals surface area contributed by atoms with Crippen molar-refractivity contribution in [2.75, 3.05) is 16.0 Å². The van der Waals surface area contributed by atoms with Crippen LogP contribution in [0.15, 0.2) is 119 Å². The molecule has 5 aromatic rings. The fourth-order valence-corrected chi connectivity index (χ4v) is 5.57. The predicted molar refractivity (Wildman–Crippen MR) is 161 cm³/mol. The van der Waals surface area contributed by atoms with E-state index in [-0.39, 0.29) is 11.9 Å². The van der Waals surface area contributed by atoms with Gasteiger partial charge in [0.2, 0.25) is 5.91 Å². The Morgan fingerprint density at radius 2 is 1.36 bits per heavy atom. The zero-order valence-corrected chi connectivity index (χ0v) is 22.8. The molecule has 6 nitrogen and oxygen atoms in total. The highest BCUT2D eigenvalue weighted by atomic mass is 32.2. The van der Waals surface area contributed by atoms with Crippen LogP contribution in [0.2, 0.25) is 0 Å². The number of hydrogen-bond donors (Lipinski definition) is 3. The number of anilines is 3. The summed E-state index contributed by atoms with van der Waals surface area (Å²) in [5.74, 6) is -0.152. The molecule has 3 N–H and O–H groups in total. The minimum atomic E-state index is -0.488. The van der Waals surface area contributed by atoms with Crippen molar-refractivity contribution in [1.29, 1.82) is 0 Å². The van der Waals surface area contributed by atoms with Gasteiger partial charge in [0.1, 0.15) is 5.25 Å². The van der Waals surface area contributed by atoms with Crippen molar-refractivity contribution >= 4 is 51.5 Å². The van der Waals surface area contributed by atoms with Gasteiger partial charge in [0.05, 0.1) is 5.69 Å². The molecule has 5 rings (SSSR count). The number of aromatic nitrogens is 1. The Kier molecular flexibility index (Phi) is 8.36. The third-order valence-electron chi connectivity index (χ3n) is 5.82. The summed E-state index contributed by atoms with van der Waals surface area (Å²) in [5, 5.41) is 10.7. The van der Waals surface area contributed by atoms with Crippen LogP contribution in [0.3, 0.4) is 0 Å². The molecule has 1 unspecified atom stereocenters. The van der Waals surface area contributed by atoms with Gasteiger partial charge in [-0.15, -0.1) is 23.1 Å². The summed E-state index contributed by atoms with van der Waals surface area (Å²) < 4.78 is 0. The summed E-state index contributed by atoms with van der Waals surface area (Å²) >= 11 is 2.85. The van der Waals surface area contributed by atoms with Gasteiger partial charge in [-0.3, -0.25) is 4.79 Å². The van der Waals surface area contributed by atoms with E-state index in [4.69, 9.17) is 0 Å². The standard InChI is InChI=1S/C31H26N4O2S2/c1-21-12-14-22(15-13-21)27-20-38-31(34-27)35-29(36)28(23-8-4-2-5-9-23)39-26-18-16-25(17-19-26)33-30(37)32-24-10-6-3-7-11-24/h2-20,28H,1H3,(H2,32,33,37)(H,34,35,36). The lowest BCUT2D eigenvalue weighted by atomic mass is 10.1. The Hall–Kier alpha value is -4.40. The molecule has 4 aromatic carbocycles. The quantitative estimate of drug-likeness (QED) is 0.170. The lowest BCUT2D eigenvalue weighted by Gasteiger charge is -2.16. The Morgan fingerprint density at radius 1 is 0.744 bits per heavy atom. The second-order valence-electron chi connectivity index (χ2n) is 8.77. The van der Waals surface area contributed by atoms with Crippen LogP contribution in [0.4, 0.5) is 21.3 Å². The first-order chi connectivity index (χ1) is 19.0. The van der Waals surface area contributed by atoms with Crippen LogP contribution in [-0.4, -0.2) is 16.9 Å². The molecule has 0 fully saturated rings. The highest BCUT2D eigenvalue weighted by molar-refractivity contribution is 8.00. The second kappa shape index (κ2) is 12.4. The van der Waals surface area contributed by atoms with Gasteiger partial charge in [-0.2, -0.15) is 0 Å². The molecule has 39 heavy (non-hydrogen) atoms. The summed E-state index contributed by atoms with van der Waals surface area (Å²) in [6, 6.07) is 34.2. The number of hydrogen-bond acceptors (Lipinski definition) is 5. The maximum absolute atomic E-state index is 13.5. The highest BCUT2D eigenvalue weighted by Crippen LogP contribution is 2.37. The topological polar surface area (TPSA) is 83.1 Å². The smallest absolute Gasteiger partial charge is 0.308 e. The Labute approximate surface area is 235 Å². The number of nitrogens with one attached hydrogen (secondary N) is 3. The van der Waals surface area contributed by atoms with Crippen molar-refractivity contribution < 1.29 is 9.59 Å². The molecule has 0 aliphatic carbocycles. The SMILES string of the molecule is Cc1ccc(-c2csc(NC(=O)C(Sc3ccc(NC(=O)Nc4ccccc4)cc3)c3ccccc3)n2)cc1. The van der Waals surface area contributed by atoms with Crippen LogP contribution in [0, 0.1) is 6.92 Å². The van der Waals surface area contributed by atoms with Gasteiger partial charge in [0.15, 0.2) is 5.13 Å². The number of thiazole rings is 1. The molecular formula is C31H26N4O2S2. The normalized spacial score (nSPS) is 11.4. The molecule has 0 spiro atoms. The number of amides is 3. The first kappa shape index (κ1) is 26.2. The summed E-state index contributed by atoms with van der Waals surface area (Å²) in [6.07, 6.45) is 0. The summed E-state index contributed by atoms with van der Waals surface area (Å²) in [6.45, 7) is 2.05. The highest BCUT2D eigenvalue weighted by Gasteiger charge is 2.23. The Morgan fingerprint density at radius 3 is 2.03 bits per heavy atom.